The number of rotatable bonds is 2. The number of nitrogens with zero attached hydrogens (tertiary/aromatic N) is 4. The first kappa shape index (κ1) is 13.7. The predicted octanol–water partition coefficient (Wildman–Crippen LogP) is 1.53. The maximum absolute atomic E-state index is 12.9. The molecule has 1 aliphatic heterocycles. The summed E-state index contributed by atoms with van der Waals surface area (Å²) in [6.45, 7) is 3.33. The monoisotopic (exact) mass is 289 g/mol. The van der Waals surface area contributed by atoms with Crippen LogP contribution in [0.15, 0.2) is 24.3 Å². The molecule has 2 heterocycles. The first-order valence-corrected chi connectivity index (χ1v) is 6.87. The summed E-state index contributed by atoms with van der Waals surface area (Å²) in [5, 5.41) is 14.2. The molecule has 1 aromatic heterocycles. The lowest BCUT2D eigenvalue weighted by Crippen LogP contribution is -2.44. The van der Waals surface area contributed by atoms with Gasteiger partial charge in [-0.1, -0.05) is 12.1 Å². The van der Waals surface area contributed by atoms with Gasteiger partial charge in [0.25, 0.3) is 5.91 Å². The summed E-state index contributed by atoms with van der Waals surface area (Å²) in [7, 11) is 0. The lowest BCUT2D eigenvalue weighted by molar-refractivity contribution is 0.0671. The van der Waals surface area contributed by atoms with Crippen LogP contribution in [-0.4, -0.2) is 44.5 Å². The first-order valence-electron chi connectivity index (χ1n) is 6.87. The van der Waals surface area contributed by atoms with Gasteiger partial charge >= 0.3 is 0 Å². The highest BCUT2D eigenvalue weighted by Gasteiger charge is 2.36. The number of carbonyl (C=O) groups is 1. The number of amides is 1. The molecule has 2 aromatic rings. The van der Waals surface area contributed by atoms with E-state index in [0.29, 0.717) is 24.5 Å². The highest BCUT2D eigenvalue weighted by molar-refractivity contribution is 5.94. The second kappa shape index (κ2) is 5.23. The van der Waals surface area contributed by atoms with Gasteiger partial charge in [-0.05, 0) is 37.1 Å². The fourth-order valence-electron chi connectivity index (χ4n) is 2.62. The van der Waals surface area contributed by atoms with Crippen molar-refractivity contribution in [2.24, 2.45) is 0 Å². The summed E-state index contributed by atoms with van der Waals surface area (Å²) >= 11 is 0. The van der Waals surface area contributed by atoms with Gasteiger partial charge in [0.2, 0.25) is 0 Å². The first-order chi connectivity index (χ1) is 10.1. The largest absolute Gasteiger partial charge is 0.339 e. The van der Waals surface area contributed by atoms with Gasteiger partial charge < -0.3 is 4.90 Å². The minimum absolute atomic E-state index is 0.0647. The number of piperidine rings is 1. The zero-order valence-corrected chi connectivity index (χ0v) is 11.7. The van der Waals surface area contributed by atoms with Gasteiger partial charge in [-0.2, -0.15) is 5.21 Å². The van der Waals surface area contributed by atoms with Crippen LogP contribution in [0.4, 0.5) is 4.39 Å². The molecule has 7 heteroatoms. The van der Waals surface area contributed by atoms with Crippen molar-refractivity contribution in [1.29, 1.82) is 0 Å². The van der Waals surface area contributed by atoms with Gasteiger partial charge in [0.15, 0.2) is 5.82 Å². The summed E-state index contributed by atoms with van der Waals surface area (Å²) in [4.78, 5) is 14.1. The lowest BCUT2D eigenvalue weighted by atomic mass is 9.79. The minimum Gasteiger partial charge on any atom is -0.339 e. The second-order valence-electron chi connectivity index (χ2n) is 5.60. The molecule has 3 rings (SSSR count). The summed E-state index contributed by atoms with van der Waals surface area (Å²) in [5.74, 6) is 0.288. The summed E-state index contributed by atoms with van der Waals surface area (Å²) in [5.41, 5.74) is 0.353. The maximum Gasteiger partial charge on any atom is 0.253 e. The maximum atomic E-state index is 12.9. The minimum atomic E-state index is -0.338. The Morgan fingerprint density at radius 3 is 2.52 bits per heavy atom. The molecule has 1 fully saturated rings. The Morgan fingerprint density at radius 1 is 1.29 bits per heavy atom. The lowest BCUT2D eigenvalue weighted by Gasteiger charge is -2.37. The van der Waals surface area contributed by atoms with Crippen molar-refractivity contribution in [3.05, 3.63) is 41.5 Å². The highest BCUT2D eigenvalue weighted by atomic mass is 19.1. The molecule has 110 valence electrons. The fraction of sp³-hybridized carbons (Fsp3) is 0.429. The Kier molecular flexibility index (Phi) is 3.40. The van der Waals surface area contributed by atoms with E-state index in [1.54, 1.807) is 4.90 Å². The number of aromatic amines is 1. The number of tetrazole rings is 1. The van der Waals surface area contributed by atoms with E-state index in [4.69, 9.17) is 0 Å². The Balaban J connectivity index is 1.68. The van der Waals surface area contributed by atoms with Crippen LogP contribution in [0.1, 0.15) is 35.9 Å². The van der Waals surface area contributed by atoms with Gasteiger partial charge in [-0.15, -0.1) is 10.2 Å². The molecule has 0 saturated carbocycles. The number of carbonyl (C=O) groups excluding carboxylic acids is 1. The molecule has 0 bridgehead atoms. The molecule has 0 unspecified atom stereocenters. The SMILES string of the molecule is CC1(c2nn[nH]n2)CCN(C(=O)c2ccc(F)cc2)CC1. The smallest absolute Gasteiger partial charge is 0.253 e. The van der Waals surface area contributed by atoms with E-state index in [9.17, 15) is 9.18 Å². The average molecular weight is 289 g/mol. The van der Waals surface area contributed by atoms with E-state index >= 15 is 0 Å². The molecule has 0 atom stereocenters. The van der Waals surface area contributed by atoms with Crippen LogP contribution in [0.5, 0.6) is 0 Å². The second-order valence-corrected chi connectivity index (χ2v) is 5.60. The number of hydrogen-bond donors (Lipinski definition) is 1. The molecule has 1 amide bonds. The molecule has 21 heavy (non-hydrogen) atoms. The zero-order valence-electron chi connectivity index (χ0n) is 11.7. The van der Waals surface area contributed by atoms with E-state index < -0.39 is 0 Å². The summed E-state index contributed by atoms with van der Waals surface area (Å²) in [6.07, 6.45) is 1.55. The van der Waals surface area contributed by atoms with Crippen molar-refractivity contribution < 1.29 is 9.18 Å². The molecule has 0 spiro atoms. The number of benzene rings is 1. The number of likely N-dealkylation sites (tertiary alicyclic amines) is 1. The number of aromatic nitrogens is 4. The molecular formula is C14H16FN5O. The van der Waals surface area contributed by atoms with Crippen LogP contribution in [0, 0.1) is 5.82 Å². The Morgan fingerprint density at radius 2 is 1.95 bits per heavy atom. The van der Waals surface area contributed by atoms with E-state index in [1.807, 2.05) is 0 Å². The van der Waals surface area contributed by atoms with Gasteiger partial charge in [0.1, 0.15) is 5.82 Å². The van der Waals surface area contributed by atoms with Crippen molar-refractivity contribution in [2.45, 2.75) is 25.2 Å². The highest BCUT2D eigenvalue weighted by Crippen LogP contribution is 2.32. The van der Waals surface area contributed by atoms with Crippen LogP contribution in [0.2, 0.25) is 0 Å². The number of hydrogen-bond acceptors (Lipinski definition) is 4. The normalized spacial score (nSPS) is 17.7. The van der Waals surface area contributed by atoms with Crippen LogP contribution in [0.3, 0.4) is 0 Å². The van der Waals surface area contributed by atoms with Crippen LogP contribution in [0.25, 0.3) is 0 Å². The van der Waals surface area contributed by atoms with Crippen LogP contribution >= 0.6 is 0 Å². The summed E-state index contributed by atoms with van der Waals surface area (Å²) < 4.78 is 12.9. The zero-order chi connectivity index (χ0) is 14.9. The number of nitrogens with one attached hydrogen (secondary N) is 1. The molecule has 1 aromatic carbocycles. The molecule has 1 saturated heterocycles. The molecule has 1 aliphatic rings. The fourth-order valence-corrected chi connectivity index (χ4v) is 2.62. The predicted molar refractivity (Wildman–Crippen MR) is 73.1 cm³/mol. The number of H-pyrrole nitrogens is 1. The third-order valence-electron chi connectivity index (χ3n) is 4.13. The third-order valence-corrected chi connectivity index (χ3v) is 4.13. The molecule has 1 N–H and O–H groups in total. The van der Waals surface area contributed by atoms with E-state index in [0.717, 1.165) is 12.8 Å². The van der Waals surface area contributed by atoms with Gasteiger partial charge in [-0.25, -0.2) is 4.39 Å². The Hall–Kier alpha value is -2.31. The molecule has 0 aliphatic carbocycles. The molecule has 0 radical (unpaired) electrons. The van der Waals surface area contributed by atoms with Crippen molar-refractivity contribution in [2.75, 3.05) is 13.1 Å². The Labute approximate surface area is 121 Å². The van der Waals surface area contributed by atoms with E-state index in [-0.39, 0.29) is 17.1 Å². The Bertz CT molecular complexity index is 617. The van der Waals surface area contributed by atoms with Crippen molar-refractivity contribution in [3.8, 4) is 0 Å². The van der Waals surface area contributed by atoms with Gasteiger partial charge in [-0.3, -0.25) is 4.79 Å². The van der Waals surface area contributed by atoms with Crippen molar-refractivity contribution in [3.63, 3.8) is 0 Å². The van der Waals surface area contributed by atoms with Crippen LogP contribution in [-0.2, 0) is 5.41 Å². The van der Waals surface area contributed by atoms with E-state index in [1.165, 1.54) is 24.3 Å². The standard InChI is InChI=1S/C14H16FN5O/c1-14(13-16-18-19-17-13)6-8-20(9-7-14)12(21)10-2-4-11(15)5-3-10/h2-5H,6-9H2,1H3,(H,16,17,18,19). The van der Waals surface area contributed by atoms with Gasteiger partial charge in [0, 0.05) is 24.1 Å². The quantitative estimate of drug-likeness (QED) is 0.910. The van der Waals surface area contributed by atoms with Gasteiger partial charge in [0.05, 0.1) is 0 Å². The van der Waals surface area contributed by atoms with Crippen LogP contribution < -0.4 is 0 Å². The van der Waals surface area contributed by atoms with E-state index in [2.05, 4.69) is 27.5 Å². The molecular weight excluding hydrogens is 273 g/mol. The van der Waals surface area contributed by atoms with Crippen molar-refractivity contribution in [1.82, 2.24) is 25.5 Å². The number of halogens is 1. The van der Waals surface area contributed by atoms with Crippen molar-refractivity contribution >= 4 is 5.91 Å². The summed E-state index contributed by atoms with van der Waals surface area (Å²) in [6, 6.07) is 5.65. The average Bonchev–Trinajstić information content (AvgIpc) is 3.03. The third kappa shape index (κ3) is 2.63. The topological polar surface area (TPSA) is 74.8 Å². The molecule has 6 nitrogen and oxygen atoms in total.